The largest absolute Gasteiger partial charge is 0.872 e. The molecule has 1 aromatic heterocycles. The van der Waals surface area contributed by atoms with Crippen LogP contribution in [0, 0.1) is 0 Å². The summed E-state index contributed by atoms with van der Waals surface area (Å²) in [6.45, 7) is 0.613. The summed E-state index contributed by atoms with van der Waals surface area (Å²) in [5, 5.41) is 118. The number of hydrogen-bond donors (Lipinski definition) is 9. The van der Waals surface area contributed by atoms with Gasteiger partial charge < -0.3 is 84.3 Å². The molecule has 9 N–H and O–H groups in total. The number of rotatable bonds is 9. The molecule has 3 heterocycles. The SMILES string of the molecule is C[C@@H]1O[C@@H](Oc2c(-c3cc(O)c([O-])c(O)c3)oc3cc(O)cc([O-])c3c2=O)[C@H](O[C@@H]2O[C@H](COC(=O)/C=C/c3ccc(O)cc3)[C@@H](O)[C@H](O)[C@H]2O)[C@H](O)[C@H]1O. The third-order valence-electron chi connectivity index (χ3n) is 8.89. The van der Waals surface area contributed by atoms with Crippen molar-refractivity contribution >= 4 is 23.0 Å². The standard InChI is InChI=1S/C36H36O19/c1-13-25(43)30(48)34(55-35-31(49)29(47)27(45)22(53-35)12-50-23(42)7-4-14-2-5-16(37)6-3-14)36(51-13)54-33-28(46)24-18(39)10-17(38)11-21(24)52-32(33)15-8-19(40)26(44)20(41)9-15/h2-11,13,22,25,27,29-31,34-41,43-45,47-49H,12H2,1H3/p-2/b7-4+/t13-,22+,25-,27+,29-,30+,31+,34+,35-,36-/m0/s1. The highest BCUT2D eigenvalue weighted by atomic mass is 16.8. The third-order valence-corrected chi connectivity index (χ3v) is 8.89. The number of aromatic hydroxyl groups is 4. The zero-order valence-electron chi connectivity index (χ0n) is 28.4. The molecular weight excluding hydrogens is 736 g/mol. The van der Waals surface area contributed by atoms with Gasteiger partial charge in [0.05, 0.1) is 11.5 Å². The molecule has 0 radical (unpaired) electrons. The number of esters is 1. The first-order chi connectivity index (χ1) is 26.0. The van der Waals surface area contributed by atoms with Crippen LogP contribution in [0.2, 0.25) is 0 Å². The van der Waals surface area contributed by atoms with Crippen molar-refractivity contribution in [2.45, 2.75) is 68.3 Å². The highest BCUT2D eigenvalue weighted by Crippen LogP contribution is 2.42. The number of ether oxygens (including phenoxy) is 5. The van der Waals surface area contributed by atoms with E-state index in [1.165, 1.54) is 37.3 Å². The van der Waals surface area contributed by atoms with Gasteiger partial charge in [0.15, 0.2) is 18.2 Å². The van der Waals surface area contributed by atoms with Crippen LogP contribution < -0.4 is 20.4 Å². The van der Waals surface area contributed by atoms with E-state index < -0.39 is 131 Å². The second-order valence-corrected chi connectivity index (χ2v) is 12.7. The lowest BCUT2D eigenvalue weighted by molar-refractivity contribution is -0.355. The van der Waals surface area contributed by atoms with Crippen LogP contribution in [0.1, 0.15) is 12.5 Å². The summed E-state index contributed by atoms with van der Waals surface area (Å²) < 4.78 is 33.8. The van der Waals surface area contributed by atoms with E-state index in [0.717, 1.165) is 24.3 Å². The second-order valence-electron chi connectivity index (χ2n) is 12.7. The number of phenolic OH excluding ortho intramolecular Hbond substituents is 4. The van der Waals surface area contributed by atoms with Crippen LogP contribution in [0.25, 0.3) is 28.4 Å². The summed E-state index contributed by atoms with van der Waals surface area (Å²) in [7, 11) is 0. The Morgan fingerprint density at radius 2 is 1.49 bits per heavy atom. The van der Waals surface area contributed by atoms with Gasteiger partial charge in [-0.25, -0.2) is 4.79 Å². The van der Waals surface area contributed by atoms with Crippen molar-refractivity contribution in [2.24, 2.45) is 0 Å². The predicted molar refractivity (Wildman–Crippen MR) is 178 cm³/mol. The van der Waals surface area contributed by atoms with E-state index in [1.807, 2.05) is 0 Å². The second kappa shape index (κ2) is 15.6. The summed E-state index contributed by atoms with van der Waals surface area (Å²) in [6, 6.07) is 9.04. The first-order valence-corrected chi connectivity index (χ1v) is 16.5. The number of carbonyl (C=O) groups excluding carboxylic acids is 1. The molecule has 55 heavy (non-hydrogen) atoms. The van der Waals surface area contributed by atoms with E-state index in [9.17, 15) is 65.8 Å². The van der Waals surface area contributed by atoms with Crippen LogP contribution in [0.15, 0.2) is 63.8 Å². The minimum atomic E-state index is -2.05. The molecule has 2 fully saturated rings. The molecule has 2 aliphatic heterocycles. The van der Waals surface area contributed by atoms with Gasteiger partial charge in [-0.3, -0.25) is 4.79 Å². The Morgan fingerprint density at radius 1 is 0.818 bits per heavy atom. The van der Waals surface area contributed by atoms with Crippen molar-refractivity contribution in [3.8, 4) is 51.6 Å². The van der Waals surface area contributed by atoms with Crippen LogP contribution >= 0.6 is 0 Å². The zero-order chi connectivity index (χ0) is 39.9. The highest BCUT2D eigenvalue weighted by Gasteiger charge is 2.51. The normalized spacial score (nSPS) is 28.3. The van der Waals surface area contributed by atoms with Crippen LogP contribution in [0.4, 0.5) is 0 Å². The molecule has 0 spiro atoms. The number of carbonyl (C=O) groups is 1. The molecule has 10 atom stereocenters. The number of aliphatic hydroxyl groups excluding tert-OH is 5. The average molecular weight is 771 g/mol. The van der Waals surface area contributed by atoms with Gasteiger partial charge in [-0.2, -0.15) is 0 Å². The molecule has 2 saturated heterocycles. The maximum atomic E-state index is 13.9. The van der Waals surface area contributed by atoms with Crippen molar-refractivity contribution in [3.63, 3.8) is 0 Å². The molecule has 0 amide bonds. The molecule has 0 saturated carbocycles. The van der Waals surface area contributed by atoms with Crippen molar-refractivity contribution in [1.82, 2.24) is 0 Å². The molecule has 294 valence electrons. The lowest BCUT2D eigenvalue weighted by Crippen LogP contribution is -2.64. The van der Waals surface area contributed by atoms with Crippen LogP contribution in [0.5, 0.6) is 40.2 Å². The monoisotopic (exact) mass is 770 g/mol. The Labute approximate surface area is 308 Å². The Bertz CT molecular complexity index is 2110. The fraction of sp³-hybridized carbons (Fsp3) is 0.333. The van der Waals surface area contributed by atoms with Gasteiger partial charge in [0, 0.05) is 17.7 Å². The van der Waals surface area contributed by atoms with Gasteiger partial charge in [0.25, 0.3) is 0 Å². The van der Waals surface area contributed by atoms with E-state index >= 15 is 0 Å². The Morgan fingerprint density at radius 3 is 2.16 bits per heavy atom. The molecule has 19 heteroatoms. The van der Waals surface area contributed by atoms with E-state index in [2.05, 4.69) is 0 Å². The summed E-state index contributed by atoms with van der Waals surface area (Å²) in [4.78, 5) is 26.3. The maximum Gasteiger partial charge on any atom is 0.330 e. The Kier molecular flexibility index (Phi) is 11.1. The summed E-state index contributed by atoms with van der Waals surface area (Å²) in [5.41, 5.74) is -1.48. The highest BCUT2D eigenvalue weighted by molar-refractivity contribution is 5.88. The molecule has 0 aliphatic carbocycles. The lowest BCUT2D eigenvalue weighted by atomic mass is 9.97. The van der Waals surface area contributed by atoms with E-state index in [4.69, 9.17) is 28.1 Å². The quantitative estimate of drug-likeness (QED) is 0.0707. The fourth-order valence-electron chi connectivity index (χ4n) is 5.92. The Hall–Kier alpha value is -5.64. The lowest BCUT2D eigenvalue weighted by Gasteiger charge is -2.45. The number of aliphatic hydroxyl groups is 5. The van der Waals surface area contributed by atoms with E-state index in [1.54, 1.807) is 0 Å². The van der Waals surface area contributed by atoms with Crippen molar-refractivity contribution in [1.29, 1.82) is 0 Å². The minimum absolute atomic E-state index is 0.00747. The topological polar surface area (TPSA) is 322 Å². The molecule has 0 bridgehead atoms. The van der Waals surface area contributed by atoms with Crippen molar-refractivity contribution in [3.05, 3.63) is 70.4 Å². The molecule has 6 rings (SSSR count). The van der Waals surface area contributed by atoms with Gasteiger partial charge >= 0.3 is 5.97 Å². The van der Waals surface area contributed by atoms with Crippen LogP contribution in [-0.2, 0) is 23.7 Å². The summed E-state index contributed by atoms with van der Waals surface area (Å²) >= 11 is 0. The number of phenols is 4. The van der Waals surface area contributed by atoms with Gasteiger partial charge in [0.1, 0.15) is 71.8 Å². The number of hydrogen-bond acceptors (Lipinski definition) is 19. The van der Waals surface area contributed by atoms with Gasteiger partial charge in [-0.05, 0) is 54.6 Å². The number of benzene rings is 3. The molecule has 3 aromatic carbocycles. The molecule has 0 unspecified atom stereocenters. The molecule has 2 aliphatic rings. The third kappa shape index (κ3) is 7.95. The fourth-order valence-corrected chi connectivity index (χ4v) is 5.92. The molecule has 19 nitrogen and oxygen atoms in total. The summed E-state index contributed by atoms with van der Waals surface area (Å²) in [6.07, 6.45) is -15.8. The van der Waals surface area contributed by atoms with E-state index in [0.29, 0.717) is 11.6 Å². The predicted octanol–water partition coefficient (Wildman–Crippen LogP) is -1.28. The smallest absolute Gasteiger partial charge is 0.330 e. The minimum Gasteiger partial charge on any atom is -0.872 e. The first-order valence-electron chi connectivity index (χ1n) is 16.5. The van der Waals surface area contributed by atoms with E-state index in [-0.39, 0.29) is 11.3 Å². The Balaban J connectivity index is 1.30. The average Bonchev–Trinajstić information content (AvgIpc) is 3.14. The van der Waals surface area contributed by atoms with Crippen molar-refractivity contribution in [2.75, 3.05) is 6.61 Å². The summed E-state index contributed by atoms with van der Waals surface area (Å²) in [5.74, 6) is -7.15. The van der Waals surface area contributed by atoms with Gasteiger partial charge in [-0.15, -0.1) is 0 Å². The first kappa shape index (κ1) is 39.1. The molecule has 4 aromatic rings. The number of fused-ring (bicyclic) bond motifs is 1. The van der Waals surface area contributed by atoms with Gasteiger partial charge in [0.2, 0.25) is 17.5 Å². The maximum absolute atomic E-state index is 13.9. The van der Waals surface area contributed by atoms with Crippen LogP contribution in [-0.4, -0.2) is 120 Å². The zero-order valence-corrected chi connectivity index (χ0v) is 28.4. The van der Waals surface area contributed by atoms with Gasteiger partial charge in [-0.1, -0.05) is 17.9 Å². The van der Waals surface area contributed by atoms with Crippen molar-refractivity contribution < 1.29 is 89.1 Å². The van der Waals surface area contributed by atoms with Crippen LogP contribution in [0.3, 0.4) is 0 Å². The molecular formula is C36H34O19-2.